The van der Waals surface area contributed by atoms with Crippen molar-refractivity contribution in [1.82, 2.24) is 9.88 Å². The third-order valence-corrected chi connectivity index (χ3v) is 4.57. The van der Waals surface area contributed by atoms with Gasteiger partial charge in [0.15, 0.2) is 0 Å². The summed E-state index contributed by atoms with van der Waals surface area (Å²) in [5.41, 5.74) is 3.46. The van der Waals surface area contributed by atoms with E-state index in [-0.39, 0.29) is 5.91 Å². The quantitative estimate of drug-likeness (QED) is 0.637. The van der Waals surface area contributed by atoms with Gasteiger partial charge < -0.3 is 19.4 Å². The maximum absolute atomic E-state index is 10.9. The molecular formula is C22H23N3O3. The van der Waals surface area contributed by atoms with Gasteiger partial charge in [0.1, 0.15) is 24.2 Å². The molecule has 0 atom stereocenters. The van der Waals surface area contributed by atoms with Gasteiger partial charge in [0.25, 0.3) is 0 Å². The Morgan fingerprint density at radius 1 is 1.18 bits per heavy atom. The van der Waals surface area contributed by atoms with Gasteiger partial charge in [-0.2, -0.15) is 5.26 Å². The summed E-state index contributed by atoms with van der Waals surface area (Å²) in [7, 11) is 1.64. The monoisotopic (exact) mass is 377 g/mol. The van der Waals surface area contributed by atoms with Crippen LogP contribution in [0.4, 0.5) is 0 Å². The fourth-order valence-corrected chi connectivity index (χ4v) is 3.30. The first-order valence-corrected chi connectivity index (χ1v) is 9.17. The van der Waals surface area contributed by atoms with Crippen LogP contribution in [0.5, 0.6) is 11.5 Å². The Balaban J connectivity index is 1.94. The Bertz CT molecular complexity index is 1030. The zero-order valence-corrected chi connectivity index (χ0v) is 16.3. The van der Waals surface area contributed by atoms with Gasteiger partial charge in [-0.3, -0.25) is 4.79 Å². The molecular weight excluding hydrogens is 354 g/mol. The molecule has 0 saturated heterocycles. The summed E-state index contributed by atoms with van der Waals surface area (Å²) in [6.45, 7) is 5.13. The van der Waals surface area contributed by atoms with Crippen LogP contribution < -0.4 is 14.8 Å². The summed E-state index contributed by atoms with van der Waals surface area (Å²) < 4.78 is 13.1. The third kappa shape index (κ3) is 3.79. The lowest BCUT2D eigenvalue weighted by Crippen LogP contribution is -2.25. The van der Waals surface area contributed by atoms with Crippen molar-refractivity contribution < 1.29 is 14.3 Å². The lowest BCUT2D eigenvalue weighted by molar-refractivity contribution is -0.119. The van der Waals surface area contributed by atoms with Gasteiger partial charge >= 0.3 is 0 Å². The Morgan fingerprint density at radius 3 is 2.50 bits per heavy atom. The van der Waals surface area contributed by atoms with E-state index in [1.807, 2.05) is 42.5 Å². The summed E-state index contributed by atoms with van der Waals surface area (Å²) in [6, 6.07) is 15.8. The van der Waals surface area contributed by atoms with Gasteiger partial charge in [-0.1, -0.05) is 0 Å². The summed E-state index contributed by atoms with van der Waals surface area (Å²) in [6.07, 6.45) is 0. The van der Waals surface area contributed by atoms with Crippen LogP contribution in [-0.4, -0.2) is 30.7 Å². The van der Waals surface area contributed by atoms with Crippen LogP contribution in [0.3, 0.4) is 0 Å². The van der Waals surface area contributed by atoms with Crippen LogP contribution in [0.1, 0.15) is 19.4 Å². The fourth-order valence-electron chi connectivity index (χ4n) is 3.30. The van der Waals surface area contributed by atoms with Crippen molar-refractivity contribution in [2.24, 2.45) is 0 Å². The smallest absolute Gasteiger partial charge is 0.216 e. The highest BCUT2D eigenvalue weighted by molar-refractivity contribution is 5.95. The molecule has 0 aliphatic rings. The zero-order valence-electron chi connectivity index (χ0n) is 16.3. The van der Waals surface area contributed by atoms with E-state index in [4.69, 9.17) is 9.47 Å². The first-order valence-electron chi connectivity index (χ1n) is 9.17. The van der Waals surface area contributed by atoms with E-state index in [0.717, 1.165) is 34.5 Å². The number of carbonyl (C=O) groups excluding carboxylic acids is 1. The van der Waals surface area contributed by atoms with Crippen LogP contribution in [-0.2, 0) is 11.3 Å². The van der Waals surface area contributed by atoms with Crippen molar-refractivity contribution in [1.29, 1.82) is 5.26 Å². The molecule has 1 amide bonds. The minimum Gasteiger partial charge on any atom is -0.497 e. The van der Waals surface area contributed by atoms with Crippen LogP contribution >= 0.6 is 0 Å². The van der Waals surface area contributed by atoms with E-state index in [0.29, 0.717) is 24.5 Å². The van der Waals surface area contributed by atoms with Crippen LogP contribution in [0.2, 0.25) is 0 Å². The summed E-state index contributed by atoms with van der Waals surface area (Å²) in [5, 5.41) is 13.4. The van der Waals surface area contributed by atoms with Crippen molar-refractivity contribution in [3.05, 3.63) is 48.0 Å². The van der Waals surface area contributed by atoms with Gasteiger partial charge in [0.2, 0.25) is 5.91 Å². The molecule has 2 aromatic carbocycles. The number of methoxy groups -OCH3 is 1. The number of nitriles is 1. The number of nitrogens with one attached hydrogen (secondary N) is 1. The molecule has 0 unspecified atom stereocenters. The SMILES string of the molecule is CCn1c(-c2ccc(OCCNC(C)=O)cc2)c(C#N)c2ccc(OC)cc21. The maximum Gasteiger partial charge on any atom is 0.216 e. The second-order valence-electron chi connectivity index (χ2n) is 6.32. The molecule has 0 spiro atoms. The van der Waals surface area contributed by atoms with Gasteiger partial charge in [-0.15, -0.1) is 0 Å². The molecule has 3 rings (SSSR count). The molecule has 0 aliphatic heterocycles. The average Bonchev–Trinajstić information content (AvgIpc) is 3.04. The predicted octanol–water partition coefficient (Wildman–Crippen LogP) is 3.72. The number of amides is 1. The fraction of sp³-hybridized carbons (Fsp3) is 0.273. The topological polar surface area (TPSA) is 76.3 Å². The molecule has 0 saturated carbocycles. The number of aryl methyl sites for hydroxylation is 1. The largest absolute Gasteiger partial charge is 0.497 e. The number of hydrogen-bond donors (Lipinski definition) is 1. The van der Waals surface area contributed by atoms with Crippen molar-refractivity contribution in [2.75, 3.05) is 20.3 Å². The lowest BCUT2D eigenvalue weighted by atomic mass is 10.1. The molecule has 0 radical (unpaired) electrons. The molecule has 6 heteroatoms. The van der Waals surface area contributed by atoms with E-state index in [1.54, 1.807) is 7.11 Å². The van der Waals surface area contributed by atoms with E-state index in [2.05, 4.69) is 22.9 Å². The molecule has 1 aromatic heterocycles. The van der Waals surface area contributed by atoms with Crippen molar-refractivity contribution in [3.63, 3.8) is 0 Å². The normalized spacial score (nSPS) is 10.5. The Kier molecular flexibility index (Phi) is 5.85. The van der Waals surface area contributed by atoms with E-state index < -0.39 is 0 Å². The van der Waals surface area contributed by atoms with Gasteiger partial charge in [-0.05, 0) is 48.9 Å². The van der Waals surface area contributed by atoms with E-state index in [9.17, 15) is 10.1 Å². The number of carbonyl (C=O) groups is 1. The number of ether oxygens (including phenoxy) is 2. The molecule has 0 aliphatic carbocycles. The third-order valence-electron chi connectivity index (χ3n) is 4.57. The molecule has 144 valence electrons. The summed E-state index contributed by atoms with van der Waals surface area (Å²) in [5.74, 6) is 1.40. The first kappa shape index (κ1) is 19.3. The number of benzene rings is 2. The predicted molar refractivity (Wildman–Crippen MR) is 108 cm³/mol. The highest BCUT2D eigenvalue weighted by Crippen LogP contribution is 2.35. The molecule has 6 nitrogen and oxygen atoms in total. The molecule has 1 N–H and O–H groups in total. The second-order valence-corrected chi connectivity index (χ2v) is 6.32. The molecule has 3 aromatic rings. The van der Waals surface area contributed by atoms with Crippen molar-refractivity contribution in [3.8, 4) is 28.8 Å². The van der Waals surface area contributed by atoms with Gasteiger partial charge in [-0.25, -0.2) is 0 Å². The highest BCUT2D eigenvalue weighted by Gasteiger charge is 2.18. The maximum atomic E-state index is 10.9. The number of fused-ring (bicyclic) bond motifs is 1. The summed E-state index contributed by atoms with van der Waals surface area (Å²) in [4.78, 5) is 10.9. The Hall–Kier alpha value is -3.46. The zero-order chi connectivity index (χ0) is 20.1. The van der Waals surface area contributed by atoms with Gasteiger partial charge in [0.05, 0.1) is 30.4 Å². The Labute approximate surface area is 164 Å². The van der Waals surface area contributed by atoms with Crippen LogP contribution in [0.15, 0.2) is 42.5 Å². The molecule has 1 heterocycles. The van der Waals surface area contributed by atoms with Crippen LogP contribution in [0.25, 0.3) is 22.2 Å². The number of hydrogen-bond acceptors (Lipinski definition) is 4. The number of rotatable bonds is 7. The standard InChI is InChI=1S/C22H23N3O3/c1-4-25-21-13-18(27-3)9-10-19(21)20(14-23)22(25)16-5-7-17(8-6-16)28-12-11-24-15(2)26/h5-10,13H,4,11-12H2,1-3H3,(H,24,26). The average molecular weight is 377 g/mol. The van der Waals surface area contributed by atoms with E-state index in [1.165, 1.54) is 6.92 Å². The highest BCUT2D eigenvalue weighted by atomic mass is 16.5. The van der Waals surface area contributed by atoms with Crippen LogP contribution in [0, 0.1) is 11.3 Å². The van der Waals surface area contributed by atoms with E-state index >= 15 is 0 Å². The number of aromatic nitrogens is 1. The second kappa shape index (κ2) is 8.49. The Morgan fingerprint density at radius 2 is 1.89 bits per heavy atom. The lowest BCUT2D eigenvalue weighted by Gasteiger charge is -2.11. The minimum absolute atomic E-state index is 0.0768. The molecule has 0 fully saturated rings. The van der Waals surface area contributed by atoms with Crippen molar-refractivity contribution >= 4 is 16.8 Å². The van der Waals surface area contributed by atoms with Gasteiger partial charge in [0, 0.05) is 24.9 Å². The van der Waals surface area contributed by atoms with Crippen molar-refractivity contribution in [2.45, 2.75) is 20.4 Å². The summed E-state index contributed by atoms with van der Waals surface area (Å²) >= 11 is 0. The first-order chi connectivity index (χ1) is 13.6. The number of nitrogens with zero attached hydrogens (tertiary/aromatic N) is 2. The molecule has 0 bridgehead atoms. The molecule has 28 heavy (non-hydrogen) atoms. The minimum atomic E-state index is -0.0768.